The first kappa shape index (κ1) is 12.5. The summed E-state index contributed by atoms with van der Waals surface area (Å²) in [5.41, 5.74) is 3.23. The van der Waals surface area contributed by atoms with Gasteiger partial charge in [-0.3, -0.25) is 4.79 Å². The van der Waals surface area contributed by atoms with Crippen LogP contribution in [0.3, 0.4) is 0 Å². The van der Waals surface area contributed by atoms with Crippen LogP contribution in [0.15, 0.2) is 18.2 Å². The van der Waals surface area contributed by atoms with Crippen LogP contribution in [0.1, 0.15) is 28.8 Å². The van der Waals surface area contributed by atoms with Crippen molar-refractivity contribution in [3.8, 4) is 0 Å². The van der Waals surface area contributed by atoms with E-state index in [1.165, 1.54) is 5.56 Å². The predicted molar refractivity (Wildman–Crippen MR) is 74.6 cm³/mol. The normalized spacial score (nSPS) is 19.1. The molecule has 4 heteroatoms. The molecule has 2 heterocycles. The number of fused-ring (bicyclic) bond motifs is 1. The van der Waals surface area contributed by atoms with Crippen molar-refractivity contribution in [1.29, 1.82) is 0 Å². The lowest BCUT2D eigenvalue weighted by Gasteiger charge is -2.31. The molecule has 1 aromatic rings. The van der Waals surface area contributed by atoms with E-state index in [9.17, 15) is 4.79 Å². The average molecular weight is 260 g/mol. The number of piperidine rings is 1. The number of carbonyl (C=O) groups is 1. The molecule has 0 radical (unpaired) electrons. The fourth-order valence-electron chi connectivity index (χ4n) is 2.90. The number of likely N-dealkylation sites (tertiary alicyclic amines) is 1. The van der Waals surface area contributed by atoms with Gasteiger partial charge in [0.2, 0.25) is 0 Å². The maximum absolute atomic E-state index is 12.5. The summed E-state index contributed by atoms with van der Waals surface area (Å²) in [6.07, 6.45) is 3.24. The number of nitrogens with one attached hydrogen (secondary N) is 1. The lowest BCUT2D eigenvalue weighted by molar-refractivity contribution is 0.0351. The van der Waals surface area contributed by atoms with E-state index in [-0.39, 0.29) is 5.91 Å². The van der Waals surface area contributed by atoms with E-state index in [0.717, 1.165) is 50.1 Å². The van der Waals surface area contributed by atoms with Crippen LogP contribution < -0.4 is 5.32 Å². The minimum absolute atomic E-state index is 0.144. The monoisotopic (exact) mass is 260 g/mol. The van der Waals surface area contributed by atoms with Gasteiger partial charge in [-0.15, -0.1) is 0 Å². The van der Waals surface area contributed by atoms with E-state index in [1.807, 2.05) is 17.0 Å². The number of methoxy groups -OCH3 is 1. The van der Waals surface area contributed by atoms with E-state index >= 15 is 0 Å². The lowest BCUT2D eigenvalue weighted by atomic mass is 10.0. The Morgan fingerprint density at radius 2 is 2.16 bits per heavy atom. The topological polar surface area (TPSA) is 41.6 Å². The zero-order valence-corrected chi connectivity index (χ0v) is 11.3. The molecule has 3 rings (SSSR count). The van der Waals surface area contributed by atoms with Gasteiger partial charge in [-0.2, -0.15) is 0 Å². The molecule has 19 heavy (non-hydrogen) atoms. The standard InChI is InChI=1S/C15H20N2O2/c1-19-13-5-8-17(9-6-13)15(18)12-3-2-11-4-7-16-14(11)10-12/h2-3,10,13,16H,4-9H2,1H3. The van der Waals surface area contributed by atoms with Crippen LogP contribution >= 0.6 is 0 Å². The lowest BCUT2D eigenvalue weighted by Crippen LogP contribution is -2.40. The van der Waals surface area contributed by atoms with Gasteiger partial charge in [-0.1, -0.05) is 6.07 Å². The van der Waals surface area contributed by atoms with Crippen molar-refractivity contribution < 1.29 is 9.53 Å². The van der Waals surface area contributed by atoms with Crippen molar-refractivity contribution >= 4 is 11.6 Å². The summed E-state index contributed by atoms with van der Waals surface area (Å²) >= 11 is 0. The fraction of sp³-hybridized carbons (Fsp3) is 0.533. The van der Waals surface area contributed by atoms with Gasteiger partial charge >= 0.3 is 0 Å². The Labute approximate surface area is 113 Å². The van der Waals surface area contributed by atoms with Crippen molar-refractivity contribution in [2.45, 2.75) is 25.4 Å². The molecule has 2 aliphatic rings. The van der Waals surface area contributed by atoms with Gasteiger partial charge in [0, 0.05) is 38.0 Å². The van der Waals surface area contributed by atoms with Crippen LogP contribution in [0, 0.1) is 0 Å². The van der Waals surface area contributed by atoms with Gasteiger partial charge in [0.05, 0.1) is 6.10 Å². The highest BCUT2D eigenvalue weighted by atomic mass is 16.5. The summed E-state index contributed by atoms with van der Waals surface area (Å²) in [5, 5.41) is 3.32. The van der Waals surface area contributed by atoms with Crippen LogP contribution in [0.4, 0.5) is 5.69 Å². The van der Waals surface area contributed by atoms with E-state index in [0.29, 0.717) is 6.10 Å². The predicted octanol–water partition coefficient (Wildman–Crippen LogP) is 1.91. The third-order valence-corrected chi connectivity index (χ3v) is 4.13. The molecule has 0 unspecified atom stereocenters. The Kier molecular flexibility index (Phi) is 3.42. The molecular formula is C15H20N2O2. The second kappa shape index (κ2) is 5.21. The Bertz CT molecular complexity index is 479. The highest BCUT2D eigenvalue weighted by molar-refractivity contribution is 5.95. The number of carbonyl (C=O) groups excluding carboxylic acids is 1. The summed E-state index contributed by atoms with van der Waals surface area (Å²) in [6.45, 7) is 2.57. The molecule has 0 bridgehead atoms. The maximum Gasteiger partial charge on any atom is 0.253 e. The molecule has 102 valence electrons. The zero-order chi connectivity index (χ0) is 13.2. The molecule has 0 spiro atoms. The van der Waals surface area contributed by atoms with Gasteiger partial charge in [-0.25, -0.2) is 0 Å². The Morgan fingerprint density at radius 3 is 2.89 bits per heavy atom. The highest BCUT2D eigenvalue weighted by Gasteiger charge is 2.24. The van der Waals surface area contributed by atoms with Crippen LogP contribution in [0.2, 0.25) is 0 Å². The molecule has 0 saturated carbocycles. The van der Waals surface area contributed by atoms with E-state index in [4.69, 9.17) is 4.74 Å². The first-order chi connectivity index (χ1) is 9.28. The van der Waals surface area contributed by atoms with Crippen molar-refractivity contribution in [2.24, 2.45) is 0 Å². The number of amides is 1. The van der Waals surface area contributed by atoms with E-state index in [2.05, 4.69) is 11.4 Å². The number of nitrogens with zero attached hydrogens (tertiary/aromatic N) is 1. The molecule has 1 N–H and O–H groups in total. The average Bonchev–Trinajstić information content (AvgIpc) is 2.94. The number of anilines is 1. The van der Waals surface area contributed by atoms with Crippen LogP contribution in [0.5, 0.6) is 0 Å². The number of hydrogen-bond donors (Lipinski definition) is 1. The number of rotatable bonds is 2. The zero-order valence-electron chi connectivity index (χ0n) is 11.3. The summed E-state index contributed by atoms with van der Waals surface area (Å²) in [5.74, 6) is 0.144. The number of hydrogen-bond acceptors (Lipinski definition) is 3. The SMILES string of the molecule is COC1CCN(C(=O)c2ccc3c(c2)NCC3)CC1. The highest BCUT2D eigenvalue weighted by Crippen LogP contribution is 2.24. The smallest absolute Gasteiger partial charge is 0.253 e. The largest absolute Gasteiger partial charge is 0.384 e. The molecule has 0 atom stereocenters. The third-order valence-electron chi connectivity index (χ3n) is 4.13. The number of benzene rings is 1. The molecule has 1 aromatic carbocycles. The molecule has 1 amide bonds. The Morgan fingerprint density at radius 1 is 1.37 bits per heavy atom. The molecule has 4 nitrogen and oxygen atoms in total. The molecular weight excluding hydrogens is 240 g/mol. The van der Waals surface area contributed by atoms with Crippen LogP contribution in [-0.4, -0.2) is 43.7 Å². The Balaban J connectivity index is 1.70. The summed E-state index contributed by atoms with van der Waals surface area (Å²) in [6, 6.07) is 6.02. The second-order valence-corrected chi connectivity index (χ2v) is 5.28. The van der Waals surface area contributed by atoms with E-state index < -0.39 is 0 Å². The Hall–Kier alpha value is -1.55. The molecule has 0 aliphatic carbocycles. The van der Waals surface area contributed by atoms with Crippen molar-refractivity contribution in [3.05, 3.63) is 29.3 Å². The fourth-order valence-corrected chi connectivity index (χ4v) is 2.90. The van der Waals surface area contributed by atoms with Crippen molar-refractivity contribution in [2.75, 3.05) is 32.1 Å². The minimum Gasteiger partial charge on any atom is -0.384 e. The number of ether oxygens (including phenoxy) is 1. The van der Waals surface area contributed by atoms with Crippen molar-refractivity contribution in [1.82, 2.24) is 4.90 Å². The first-order valence-electron chi connectivity index (χ1n) is 6.97. The van der Waals surface area contributed by atoms with Gasteiger partial charge < -0.3 is 15.0 Å². The summed E-state index contributed by atoms with van der Waals surface area (Å²) < 4.78 is 5.34. The van der Waals surface area contributed by atoms with Gasteiger partial charge in [0.1, 0.15) is 0 Å². The van der Waals surface area contributed by atoms with E-state index in [1.54, 1.807) is 7.11 Å². The molecule has 2 aliphatic heterocycles. The summed E-state index contributed by atoms with van der Waals surface area (Å²) in [4.78, 5) is 14.4. The third kappa shape index (κ3) is 2.45. The summed E-state index contributed by atoms with van der Waals surface area (Å²) in [7, 11) is 1.74. The second-order valence-electron chi connectivity index (χ2n) is 5.28. The van der Waals surface area contributed by atoms with Gasteiger partial charge in [0.15, 0.2) is 0 Å². The van der Waals surface area contributed by atoms with Gasteiger partial charge in [0.25, 0.3) is 5.91 Å². The molecule has 1 saturated heterocycles. The maximum atomic E-state index is 12.5. The molecule has 1 fully saturated rings. The van der Waals surface area contributed by atoms with Crippen LogP contribution in [-0.2, 0) is 11.2 Å². The van der Waals surface area contributed by atoms with Gasteiger partial charge in [-0.05, 0) is 37.0 Å². The quantitative estimate of drug-likeness (QED) is 0.883. The van der Waals surface area contributed by atoms with Crippen LogP contribution in [0.25, 0.3) is 0 Å². The first-order valence-corrected chi connectivity index (χ1v) is 6.97. The molecule has 0 aromatic heterocycles. The van der Waals surface area contributed by atoms with Crippen molar-refractivity contribution in [3.63, 3.8) is 0 Å². The minimum atomic E-state index is 0.144.